The monoisotopic (exact) mass is 243 g/mol. The Morgan fingerprint density at radius 3 is 2.72 bits per heavy atom. The predicted molar refractivity (Wildman–Crippen MR) is 71.8 cm³/mol. The molecular formula is C14H17N3O. The molecular weight excluding hydrogens is 226 g/mol. The van der Waals surface area contributed by atoms with E-state index in [9.17, 15) is 0 Å². The standard InChI is InChI=1S/C14H17N3O/c1-4-12-13(6-5-10(3)17-12)18-14-7-9(2)11(15)8-16-14/h5-8H,4,15H2,1-3H3. The van der Waals surface area contributed by atoms with Gasteiger partial charge in [-0.2, -0.15) is 0 Å². The van der Waals surface area contributed by atoms with E-state index >= 15 is 0 Å². The molecule has 0 radical (unpaired) electrons. The highest BCUT2D eigenvalue weighted by Gasteiger charge is 2.07. The molecule has 0 aliphatic carbocycles. The molecule has 2 aromatic rings. The van der Waals surface area contributed by atoms with Gasteiger partial charge in [-0.05, 0) is 38.0 Å². The Hall–Kier alpha value is -2.10. The molecule has 2 rings (SSSR count). The summed E-state index contributed by atoms with van der Waals surface area (Å²) in [4.78, 5) is 8.61. The van der Waals surface area contributed by atoms with E-state index in [1.54, 1.807) is 6.20 Å². The predicted octanol–water partition coefficient (Wildman–Crippen LogP) is 3.03. The van der Waals surface area contributed by atoms with Crippen molar-refractivity contribution in [3.63, 3.8) is 0 Å². The minimum Gasteiger partial charge on any atom is -0.437 e. The molecule has 2 N–H and O–H groups in total. The first-order valence-corrected chi connectivity index (χ1v) is 5.96. The molecule has 0 amide bonds. The van der Waals surface area contributed by atoms with Crippen LogP contribution in [0, 0.1) is 13.8 Å². The number of nitrogens with two attached hydrogens (primary N) is 1. The molecule has 0 atom stereocenters. The third kappa shape index (κ3) is 2.59. The van der Waals surface area contributed by atoms with E-state index in [0.717, 1.165) is 29.1 Å². The zero-order valence-corrected chi connectivity index (χ0v) is 10.9. The summed E-state index contributed by atoms with van der Waals surface area (Å²) in [6, 6.07) is 5.68. The average molecular weight is 243 g/mol. The lowest BCUT2D eigenvalue weighted by Gasteiger charge is -2.10. The van der Waals surface area contributed by atoms with Gasteiger partial charge in [0.15, 0.2) is 5.75 Å². The van der Waals surface area contributed by atoms with Crippen LogP contribution in [0.1, 0.15) is 23.9 Å². The van der Waals surface area contributed by atoms with Crippen molar-refractivity contribution < 1.29 is 4.74 Å². The van der Waals surface area contributed by atoms with Crippen LogP contribution in [0.4, 0.5) is 5.69 Å². The number of pyridine rings is 2. The molecule has 2 aromatic heterocycles. The van der Waals surface area contributed by atoms with Crippen molar-refractivity contribution in [2.45, 2.75) is 27.2 Å². The minimum atomic E-state index is 0.544. The molecule has 0 aromatic carbocycles. The summed E-state index contributed by atoms with van der Waals surface area (Å²) in [7, 11) is 0. The zero-order valence-electron chi connectivity index (χ0n) is 10.9. The van der Waals surface area contributed by atoms with E-state index in [-0.39, 0.29) is 0 Å². The SMILES string of the molecule is CCc1nc(C)ccc1Oc1cc(C)c(N)cn1. The van der Waals surface area contributed by atoms with E-state index in [2.05, 4.69) is 16.9 Å². The van der Waals surface area contributed by atoms with Crippen molar-refractivity contribution in [1.82, 2.24) is 9.97 Å². The highest BCUT2D eigenvalue weighted by molar-refractivity contribution is 5.46. The largest absolute Gasteiger partial charge is 0.437 e. The summed E-state index contributed by atoms with van der Waals surface area (Å²) in [5, 5.41) is 0. The van der Waals surface area contributed by atoms with Crippen molar-refractivity contribution in [3.8, 4) is 11.6 Å². The Bertz CT molecular complexity index is 567. The van der Waals surface area contributed by atoms with Crippen molar-refractivity contribution in [3.05, 3.63) is 41.3 Å². The number of hydrogen-bond acceptors (Lipinski definition) is 4. The molecule has 0 unspecified atom stereocenters. The van der Waals surface area contributed by atoms with Gasteiger partial charge in [-0.15, -0.1) is 0 Å². The zero-order chi connectivity index (χ0) is 13.1. The summed E-state index contributed by atoms with van der Waals surface area (Å²) in [6.07, 6.45) is 2.43. The van der Waals surface area contributed by atoms with Crippen molar-refractivity contribution in [2.24, 2.45) is 0 Å². The van der Waals surface area contributed by atoms with Crippen LogP contribution < -0.4 is 10.5 Å². The molecule has 94 valence electrons. The number of rotatable bonds is 3. The molecule has 0 aliphatic rings. The van der Waals surface area contributed by atoms with Gasteiger partial charge in [0.1, 0.15) is 0 Å². The molecule has 0 saturated carbocycles. The van der Waals surface area contributed by atoms with Crippen LogP contribution in [-0.4, -0.2) is 9.97 Å². The first kappa shape index (κ1) is 12.4. The lowest BCUT2D eigenvalue weighted by Crippen LogP contribution is -1.98. The lowest BCUT2D eigenvalue weighted by atomic mass is 10.2. The van der Waals surface area contributed by atoms with Gasteiger partial charge in [0.25, 0.3) is 0 Å². The van der Waals surface area contributed by atoms with Crippen LogP contribution in [0.25, 0.3) is 0 Å². The number of aromatic nitrogens is 2. The molecule has 4 heteroatoms. The molecule has 0 saturated heterocycles. The van der Waals surface area contributed by atoms with Gasteiger partial charge in [-0.1, -0.05) is 6.92 Å². The fraction of sp³-hybridized carbons (Fsp3) is 0.286. The highest BCUT2D eigenvalue weighted by atomic mass is 16.5. The fourth-order valence-electron chi connectivity index (χ4n) is 1.65. The Morgan fingerprint density at radius 1 is 1.28 bits per heavy atom. The summed E-state index contributed by atoms with van der Waals surface area (Å²) >= 11 is 0. The van der Waals surface area contributed by atoms with E-state index in [0.29, 0.717) is 11.6 Å². The smallest absolute Gasteiger partial charge is 0.219 e. The third-order valence-corrected chi connectivity index (χ3v) is 2.75. The van der Waals surface area contributed by atoms with E-state index in [1.807, 2.05) is 32.0 Å². The quantitative estimate of drug-likeness (QED) is 0.900. The van der Waals surface area contributed by atoms with Gasteiger partial charge in [0.05, 0.1) is 17.6 Å². The van der Waals surface area contributed by atoms with Crippen molar-refractivity contribution in [1.29, 1.82) is 0 Å². The number of nitrogen functional groups attached to an aromatic ring is 1. The van der Waals surface area contributed by atoms with Crippen LogP contribution in [0.3, 0.4) is 0 Å². The molecule has 0 spiro atoms. The molecule has 0 bridgehead atoms. The van der Waals surface area contributed by atoms with Crippen LogP contribution in [0.15, 0.2) is 24.4 Å². The van der Waals surface area contributed by atoms with Crippen LogP contribution in [0.5, 0.6) is 11.6 Å². The lowest BCUT2D eigenvalue weighted by molar-refractivity contribution is 0.454. The third-order valence-electron chi connectivity index (χ3n) is 2.75. The Morgan fingerprint density at radius 2 is 2.06 bits per heavy atom. The number of nitrogens with zero attached hydrogens (tertiary/aromatic N) is 2. The number of aryl methyl sites for hydroxylation is 3. The summed E-state index contributed by atoms with van der Waals surface area (Å²) < 4.78 is 5.76. The van der Waals surface area contributed by atoms with Crippen LogP contribution in [0.2, 0.25) is 0 Å². The van der Waals surface area contributed by atoms with Gasteiger partial charge in [-0.3, -0.25) is 4.98 Å². The number of hydrogen-bond donors (Lipinski definition) is 1. The molecule has 2 heterocycles. The average Bonchev–Trinajstić information content (AvgIpc) is 2.36. The summed E-state index contributed by atoms with van der Waals surface area (Å²) in [6.45, 7) is 5.95. The molecule has 0 aliphatic heterocycles. The number of ether oxygens (including phenoxy) is 1. The van der Waals surface area contributed by atoms with Gasteiger partial charge < -0.3 is 10.5 Å². The summed E-state index contributed by atoms with van der Waals surface area (Å²) in [5.41, 5.74) is 9.27. The van der Waals surface area contributed by atoms with Crippen molar-refractivity contribution in [2.75, 3.05) is 5.73 Å². The van der Waals surface area contributed by atoms with Crippen LogP contribution >= 0.6 is 0 Å². The molecule has 0 fully saturated rings. The normalized spacial score (nSPS) is 10.4. The van der Waals surface area contributed by atoms with E-state index < -0.39 is 0 Å². The Balaban J connectivity index is 2.30. The topological polar surface area (TPSA) is 61.0 Å². The second kappa shape index (κ2) is 5.04. The maximum Gasteiger partial charge on any atom is 0.219 e. The first-order valence-electron chi connectivity index (χ1n) is 5.96. The fourth-order valence-corrected chi connectivity index (χ4v) is 1.65. The van der Waals surface area contributed by atoms with Gasteiger partial charge in [0, 0.05) is 11.8 Å². The van der Waals surface area contributed by atoms with E-state index in [1.165, 1.54) is 0 Å². The van der Waals surface area contributed by atoms with Crippen molar-refractivity contribution >= 4 is 5.69 Å². The van der Waals surface area contributed by atoms with Gasteiger partial charge in [0.2, 0.25) is 5.88 Å². The first-order chi connectivity index (χ1) is 8.60. The second-order valence-electron chi connectivity index (χ2n) is 4.23. The number of anilines is 1. The summed E-state index contributed by atoms with van der Waals surface area (Å²) in [5.74, 6) is 1.29. The Kier molecular flexibility index (Phi) is 3.46. The van der Waals surface area contributed by atoms with E-state index in [4.69, 9.17) is 10.5 Å². The maximum absolute atomic E-state index is 5.76. The Labute approximate surface area is 107 Å². The maximum atomic E-state index is 5.76. The minimum absolute atomic E-state index is 0.544. The molecule has 4 nitrogen and oxygen atoms in total. The second-order valence-corrected chi connectivity index (χ2v) is 4.23. The van der Waals surface area contributed by atoms with Gasteiger partial charge in [-0.25, -0.2) is 4.98 Å². The molecule has 18 heavy (non-hydrogen) atoms. The van der Waals surface area contributed by atoms with Gasteiger partial charge >= 0.3 is 0 Å². The highest BCUT2D eigenvalue weighted by Crippen LogP contribution is 2.25. The van der Waals surface area contributed by atoms with Crippen LogP contribution in [-0.2, 0) is 6.42 Å².